The molecule has 0 saturated carbocycles. The van der Waals surface area contributed by atoms with Crippen LogP contribution in [-0.2, 0) is 11.2 Å². The van der Waals surface area contributed by atoms with Crippen LogP contribution in [0.2, 0.25) is 0 Å². The number of amides is 1. The lowest BCUT2D eigenvalue weighted by Gasteiger charge is -1.98. The van der Waals surface area contributed by atoms with E-state index in [0.29, 0.717) is 6.54 Å². The third kappa shape index (κ3) is 3.30. The van der Waals surface area contributed by atoms with Crippen molar-refractivity contribution in [2.45, 2.75) is 20.3 Å². The lowest BCUT2D eigenvalue weighted by atomic mass is 10.3. The van der Waals surface area contributed by atoms with Crippen molar-refractivity contribution in [2.24, 2.45) is 0 Å². The average Bonchev–Trinajstić information content (AvgIpc) is 2.52. The molecule has 76 valence electrons. The summed E-state index contributed by atoms with van der Waals surface area (Å²) < 4.78 is 0. The maximum atomic E-state index is 11.0. The van der Waals surface area contributed by atoms with E-state index in [2.05, 4.69) is 5.32 Å². The summed E-state index contributed by atoms with van der Waals surface area (Å²) in [6.45, 7) is 3.69. The van der Waals surface area contributed by atoms with E-state index in [1.54, 1.807) is 6.92 Å². The van der Waals surface area contributed by atoms with Crippen molar-refractivity contribution in [1.29, 1.82) is 0 Å². The minimum atomic E-state index is -0.0200. The molecule has 14 heavy (non-hydrogen) atoms. The van der Waals surface area contributed by atoms with Crippen LogP contribution < -0.4 is 5.32 Å². The molecular formula is C10H13NO2S. The standard InChI is InChI=1S/C10H13NO2S/c1-7(12)10-4-3-9(14-10)5-6-11-8(2)13/h3-4H,5-6H2,1-2H3,(H,11,13). The molecule has 4 heteroatoms. The first-order valence-electron chi connectivity index (χ1n) is 4.43. The van der Waals surface area contributed by atoms with Gasteiger partial charge in [-0.1, -0.05) is 0 Å². The molecule has 3 nitrogen and oxygen atoms in total. The number of carbonyl (C=O) groups is 2. The van der Waals surface area contributed by atoms with Crippen LogP contribution in [0.4, 0.5) is 0 Å². The van der Waals surface area contributed by atoms with Gasteiger partial charge < -0.3 is 5.32 Å². The van der Waals surface area contributed by atoms with Crippen LogP contribution in [0, 0.1) is 0 Å². The van der Waals surface area contributed by atoms with Gasteiger partial charge in [-0.15, -0.1) is 11.3 Å². The zero-order valence-electron chi connectivity index (χ0n) is 8.29. The molecule has 0 fully saturated rings. The Balaban J connectivity index is 2.44. The molecule has 1 rings (SSSR count). The predicted molar refractivity (Wildman–Crippen MR) is 56.7 cm³/mol. The normalized spacial score (nSPS) is 9.86. The first-order valence-corrected chi connectivity index (χ1v) is 5.25. The molecular weight excluding hydrogens is 198 g/mol. The van der Waals surface area contributed by atoms with Crippen molar-refractivity contribution in [3.05, 3.63) is 21.9 Å². The third-order valence-corrected chi connectivity index (χ3v) is 3.00. The van der Waals surface area contributed by atoms with E-state index in [1.807, 2.05) is 12.1 Å². The van der Waals surface area contributed by atoms with Crippen LogP contribution in [0.5, 0.6) is 0 Å². The molecule has 0 aliphatic carbocycles. The highest BCUT2D eigenvalue weighted by Gasteiger charge is 2.03. The molecule has 0 aromatic carbocycles. The quantitative estimate of drug-likeness (QED) is 0.769. The number of carbonyl (C=O) groups excluding carboxylic acids is 2. The van der Waals surface area contributed by atoms with Crippen LogP contribution in [0.3, 0.4) is 0 Å². The number of hydrogen-bond acceptors (Lipinski definition) is 3. The van der Waals surface area contributed by atoms with Gasteiger partial charge in [0.15, 0.2) is 5.78 Å². The van der Waals surface area contributed by atoms with Gasteiger partial charge in [0, 0.05) is 18.3 Å². The summed E-state index contributed by atoms with van der Waals surface area (Å²) in [7, 11) is 0. The number of hydrogen-bond donors (Lipinski definition) is 1. The lowest BCUT2D eigenvalue weighted by molar-refractivity contribution is -0.118. The largest absolute Gasteiger partial charge is 0.356 e. The van der Waals surface area contributed by atoms with Crippen LogP contribution in [0.15, 0.2) is 12.1 Å². The van der Waals surface area contributed by atoms with Crippen molar-refractivity contribution >= 4 is 23.0 Å². The van der Waals surface area contributed by atoms with Crippen molar-refractivity contribution in [2.75, 3.05) is 6.54 Å². The van der Waals surface area contributed by atoms with Gasteiger partial charge in [0.05, 0.1) is 4.88 Å². The Labute approximate surface area is 87.1 Å². The minimum absolute atomic E-state index is 0.0200. The van der Waals surface area contributed by atoms with Gasteiger partial charge >= 0.3 is 0 Å². The van der Waals surface area contributed by atoms with E-state index in [0.717, 1.165) is 16.2 Å². The Morgan fingerprint density at radius 1 is 1.36 bits per heavy atom. The summed E-state index contributed by atoms with van der Waals surface area (Å²) in [5.74, 6) is 0.0779. The van der Waals surface area contributed by atoms with E-state index < -0.39 is 0 Å². The Morgan fingerprint density at radius 3 is 2.57 bits per heavy atom. The number of rotatable bonds is 4. The maximum absolute atomic E-state index is 11.0. The molecule has 1 N–H and O–H groups in total. The predicted octanol–water partition coefficient (Wildman–Crippen LogP) is 1.63. The first-order chi connectivity index (χ1) is 6.59. The molecule has 0 aliphatic heterocycles. The van der Waals surface area contributed by atoms with E-state index in [1.165, 1.54) is 18.3 Å². The highest BCUT2D eigenvalue weighted by atomic mass is 32.1. The zero-order valence-corrected chi connectivity index (χ0v) is 9.11. The first kappa shape index (κ1) is 10.9. The number of Topliss-reactive ketones (excluding diaryl/α,β-unsaturated/α-hetero) is 1. The Hall–Kier alpha value is -1.16. The molecule has 0 bridgehead atoms. The second-order valence-electron chi connectivity index (χ2n) is 3.06. The second-order valence-corrected chi connectivity index (χ2v) is 4.22. The number of ketones is 1. The smallest absolute Gasteiger partial charge is 0.216 e. The molecule has 0 radical (unpaired) electrons. The zero-order chi connectivity index (χ0) is 10.6. The summed E-state index contributed by atoms with van der Waals surface area (Å²) in [4.78, 5) is 23.5. The highest BCUT2D eigenvalue weighted by molar-refractivity contribution is 7.14. The fourth-order valence-electron chi connectivity index (χ4n) is 1.06. The lowest BCUT2D eigenvalue weighted by Crippen LogP contribution is -2.22. The fraction of sp³-hybridized carbons (Fsp3) is 0.400. The van der Waals surface area contributed by atoms with Crippen LogP contribution in [0.25, 0.3) is 0 Å². The third-order valence-electron chi connectivity index (χ3n) is 1.75. The molecule has 0 aliphatic rings. The van der Waals surface area contributed by atoms with Gasteiger partial charge in [-0.2, -0.15) is 0 Å². The van der Waals surface area contributed by atoms with E-state index in [4.69, 9.17) is 0 Å². The number of nitrogens with one attached hydrogen (secondary N) is 1. The second kappa shape index (κ2) is 4.91. The monoisotopic (exact) mass is 211 g/mol. The van der Waals surface area contributed by atoms with Gasteiger partial charge in [0.25, 0.3) is 0 Å². The molecule has 0 atom stereocenters. The summed E-state index contributed by atoms with van der Waals surface area (Å²) >= 11 is 1.49. The highest BCUT2D eigenvalue weighted by Crippen LogP contribution is 2.16. The van der Waals surface area contributed by atoms with Gasteiger partial charge in [-0.3, -0.25) is 9.59 Å². The van der Waals surface area contributed by atoms with Gasteiger partial charge in [-0.25, -0.2) is 0 Å². The fourth-order valence-corrected chi connectivity index (χ4v) is 1.97. The SMILES string of the molecule is CC(=O)NCCc1ccc(C(C)=O)s1. The van der Waals surface area contributed by atoms with Crippen molar-refractivity contribution < 1.29 is 9.59 Å². The van der Waals surface area contributed by atoms with E-state index in [9.17, 15) is 9.59 Å². The Kier molecular flexibility index (Phi) is 3.83. The minimum Gasteiger partial charge on any atom is -0.356 e. The Morgan fingerprint density at radius 2 is 2.07 bits per heavy atom. The van der Waals surface area contributed by atoms with Crippen molar-refractivity contribution in [3.63, 3.8) is 0 Å². The molecule has 0 unspecified atom stereocenters. The molecule has 0 spiro atoms. The topological polar surface area (TPSA) is 46.2 Å². The van der Waals surface area contributed by atoms with Crippen molar-refractivity contribution in [3.8, 4) is 0 Å². The van der Waals surface area contributed by atoms with Crippen molar-refractivity contribution in [1.82, 2.24) is 5.32 Å². The van der Waals surface area contributed by atoms with Crippen LogP contribution >= 0.6 is 11.3 Å². The van der Waals surface area contributed by atoms with Gasteiger partial charge in [0.1, 0.15) is 0 Å². The van der Waals surface area contributed by atoms with Gasteiger partial charge in [-0.05, 0) is 25.5 Å². The molecule has 1 aromatic rings. The van der Waals surface area contributed by atoms with Crippen LogP contribution in [0.1, 0.15) is 28.4 Å². The average molecular weight is 211 g/mol. The Bertz CT molecular complexity index is 344. The van der Waals surface area contributed by atoms with E-state index in [-0.39, 0.29) is 11.7 Å². The summed E-state index contributed by atoms with van der Waals surface area (Å²) in [6.07, 6.45) is 0.789. The molecule has 0 saturated heterocycles. The van der Waals surface area contributed by atoms with E-state index >= 15 is 0 Å². The molecule has 1 amide bonds. The van der Waals surface area contributed by atoms with Crippen LogP contribution in [-0.4, -0.2) is 18.2 Å². The summed E-state index contributed by atoms with van der Waals surface area (Å²) in [5.41, 5.74) is 0. The summed E-state index contributed by atoms with van der Waals surface area (Å²) in [6, 6.07) is 3.76. The molecule has 1 aromatic heterocycles. The summed E-state index contributed by atoms with van der Waals surface area (Å²) in [5, 5.41) is 2.72. The maximum Gasteiger partial charge on any atom is 0.216 e. The number of thiophene rings is 1. The van der Waals surface area contributed by atoms with Gasteiger partial charge in [0.2, 0.25) is 5.91 Å². The molecule has 1 heterocycles.